The fraction of sp³-hybridized carbons (Fsp3) is 0.333. The molecular formula is C12H15ClN2O3S. The van der Waals surface area contributed by atoms with Crippen molar-refractivity contribution in [3.05, 3.63) is 29.3 Å². The molecule has 0 aliphatic rings. The second-order valence-corrected chi connectivity index (χ2v) is 5.17. The van der Waals surface area contributed by atoms with E-state index < -0.39 is 12.0 Å². The van der Waals surface area contributed by atoms with Gasteiger partial charge in [-0.05, 0) is 24.3 Å². The largest absolute Gasteiger partial charge is 0.468 e. The summed E-state index contributed by atoms with van der Waals surface area (Å²) in [5.74, 6) is -0.0939. The number of amides is 1. The van der Waals surface area contributed by atoms with E-state index in [4.69, 9.17) is 17.3 Å². The molecule has 1 aromatic carbocycles. The van der Waals surface area contributed by atoms with Crippen LogP contribution >= 0.6 is 23.4 Å². The molecule has 0 saturated heterocycles. The van der Waals surface area contributed by atoms with Crippen LogP contribution in [0.3, 0.4) is 0 Å². The van der Waals surface area contributed by atoms with Gasteiger partial charge in [0.1, 0.15) is 6.04 Å². The number of benzene rings is 1. The van der Waals surface area contributed by atoms with Crippen LogP contribution in [0, 0.1) is 0 Å². The molecule has 19 heavy (non-hydrogen) atoms. The van der Waals surface area contributed by atoms with Crippen LogP contribution in [0.1, 0.15) is 0 Å². The smallest absolute Gasteiger partial charge is 0.323 e. The molecule has 3 N–H and O–H groups in total. The molecule has 0 radical (unpaired) electrons. The standard InChI is InChI=1S/C12H15ClN2O3S/c1-18-12(17)10(14)6-19-7-11(16)15-9-4-2-8(13)3-5-9/h2-5,10H,6-7,14H2,1H3,(H,15,16). The van der Waals surface area contributed by atoms with Gasteiger partial charge in [-0.15, -0.1) is 11.8 Å². The normalized spacial score (nSPS) is 11.7. The Bertz CT molecular complexity index is 439. The van der Waals surface area contributed by atoms with E-state index in [-0.39, 0.29) is 11.7 Å². The number of halogens is 1. The summed E-state index contributed by atoms with van der Waals surface area (Å²) < 4.78 is 4.49. The number of hydrogen-bond acceptors (Lipinski definition) is 5. The van der Waals surface area contributed by atoms with Gasteiger partial charge in [-0.25, -0.2) is 0 Å². The van der Waals surface area contributed by atoms with Crippen molar-refractivity contribution in [2.75, 3.05) is 23.9 Å². The van der Waals surface area contributed by atoms with Crippen molar-refractivity contribution >= 4 is 40.9 Å². The van der Waals surface area contributed by atoms with Crippen LogP contribution < -0.4 is 11.1 Å². The summed E-state index contributed by atoms with van der Waals surface area (Å²) in [5, 5.41) is 3.32. The Morgan fingerprint density at radius 1 is 1.42 bits per heavy atom. The maximum atomic E-state index is 11.6. The van der Waals surface area contributed by atoms with Crippen molar-refractivity contribution < 1.29 is 14.3 Å². The number of thioether (sulfide) groups is 1. The second-order valence-electron chi connectivity index (χ2n) is 3.70. The number of methoxy groups -OCH3 is 1. The van der Waals surface area contributed by atoms with E-state index in [0.29, 0.717) is 16.5 Å². The molecular weight excluding hydrogens is 288 g/mol. The number of rotatable bonds is 6. The lowest BCUT2D eigenvalue weighted by atomic mass is 10.3. The van der Waals surface area contributed by atoms with Gasteiger partial charge in [0.05, 0.1) is 12.9 Å². The third kappa shape index (κ3) is 5.96. The number of anilines is 1. The molecule has 1 unspecified atom stereocenters. The topological polar surface area (TPSA) is 81.4 Å². The van der Waals surface area contributed by atoms with Crippen molar-refractivity contribution in [1.29, 1.82) is 0 Å². The number of esters is 1. The summed E-state index contributed by atoms with van der Waals surface area (Å²) in [7, 11) is 1.28. The van der Waals surface area contributed by atoms with Gasteiger partial charge in [0.15, 0.2) is 0 Å². The third-order valence-corrected chi connectivity index (χ3v) is 3.48. The van der Waals surface area contributed by atoms with Gasteiger partial charge in [0, 0.05) is 16.5 Å². The molecule has 0 bridgehead atoms. The molecule has 0 heterocycles. The molecule has 0 spiro atoms. The lowest BCUT2D eigenvalue weighted by Crippen LogP contribution is -2.34. The van der Waals surface area contributed by atoms with Crippen LogP contribution in [0.15, 0.2) is 24.3 Å². The SMILES string of the molecule is COC(=O)C(N)CSCC(=O)Nc1ccc(Cl)cc1. The van der Waals surface area contributed by atoms with Crippen LogP contribution in [0.25, 0.3) is 0 Å². The maximum absolute atomic E-state index is 11.6. The zero-order chi connectivity index (χ0) is 14.3. The Labute approximate surface area is 120 Å². The zero-order valence-corrected chi connectivity index (χ0v) is 12.0. The van der Waals surface area contributed by atoms with E-state index in [1.807, 2.05) is 0 Å². The Morgan fingerprint density at radius 3 is 2.63 bits per heavy atom. The van der Waals surface area contributed by atoms with Crippen molar-refractivity contribution in [3.63, 3.8) is 0 Å². The van der Waals surface area contributed by atoms with Gasteiger partial charge in [0.25, 0.3) is 0 Å². The third-order valence-electron chi connectivity index (χ3n) is 2.16. The molecule has 0 aliphatic carbocycles. The van der Waals surface area contributed by atoms with Crippen LogP contribution in [-0.4, -0.2) is 36.5 Å². The highest BCUT2D eigenvalue weighted by Gasteiger charge is 2.14. The van der Waals surface area contributed by atoms with Crippen LogP contribution in [0.2, 0.25) is 5.02 Å². The minimum atomic E-state index is -0.710. The van der Waals surface area contributed by atoms with Crippen molar-refractivity contribution in [1.82, 2.24) is 0 Å². The first kappa shape index (κ1) is 15.8. The predicted molar refractivity (Wildman–Crippen MR) is 77.4 cm³/mol. The molecule has 5 nitrogen and oxygen atoms in total. The maximum Gasteiger partial charge on any atom is 0.323 e. The molecule has 104 valence electrons. The van der Waals surface area contributed by atoms with Gasteiger partial charge >= 0.3 is 5.97 Å². The first-order valence-electron chi connectivity index (χ1n) is 5.49. The van der Waals surface area contributed by atoms with Crippen LogP contribution in [0.4, 0.5) is 5.69 Å². The van der Waals surface area contributed by atoms with Crippen LogP contribution in [-0.2, 0) is 14.3 Å². The minimum Gasteiger partial charge on any atom is -0.468 e. The van der Waals surface area contributed by atoms with Crippen molar-refractivity contribution in [3.8, 4) is 0 Å². The predicted octanol–water partition coefficient (Wildman–Crippen LogP) is 1.51. The summed E-state index contributed by atoms with van der Waals surface area (Å²) >= 11 is 7.01. The van der Waals surface area contributed by atoms with Gasteiger partial charge in [-0.2, -0.15) is 0 Å². The Hall–Kier alpha value is -1.24. The average Bonchev–Trinajstić information content (AvgIpc) is 2.40. The number of carbonyl (C=O) groups excluding carboxylic acids is 2. The lowest BCUT2D eigenvalue weighted by Gasteiger charge is -2.09. The molecule has 1 atom stereocenters. The summed E-state index contributed by atoms with van der Waals surface area (Å²) in [6.07, 6.45) is 0. The molecule has 7 heteroatoms. The summed E-state index contributed by atoms with van der Waals surface area (Å²) in [6, 6.07) is 6.10. The quantitative estimate of drug-likeness (QED) is 0.779. The Morgan fingerprint density at radius 2 is 2.05 bits per heavy atom. The molecule has 0 aliphatic heterocycles. The first-order valence-corrected chi connectivity index (χ1v) is 7.02. The van der Waals surface area contributed by atoms with Crippen LogP contribution in [0.5, 0.6) is 0 Å². The Kier molecular flexibility index (Phi) is 6.69. The van der Waals surface area contributed by atoms with Crippen molar-refractivity contribution in [2.24, 2.45) is 5.73 Å². The van der Waals surface area contributed by atoms with Gasteiger partial charge in [-0.1, -0.05) is 11.6 Å². The number of nitrogens with one attached hydrogen (secondary N) is 1. The number of nitrogens with two attached hydrogens (primary N) is 1. The van der Waals surface area contributed by atoms with Crippen molar-refractivity contribution in [2.45, 2.75) is 6.04 Å². The van der Waals surface area contributed by atoms with Gasteiger partial charge < -0.3 is 15.8 Å². The summed E-state index contributed by atoms with van der Waals surface area (Å²) in [6.45, 7) is 0. The molecule has 0 fully saturated rings. The monoisotopic (exact) mass is 302 g/mol. The summed E-state index contributed by atoms with van der Waals surface area (Å²) in [5.41, 5.74) is 6.21. The van der Waals surface area contributed by atoms with E-state index in [9.17, 15) is 9.59 Å². The molecule has 1 amide bonds. The number of carbonyl (C=O) groups is 2. The highest BCUT2D eigenvalue weighted by Crippen LogP contribution is 2.14. The van der Waals surface area contributed by atoms with E-state index in [2.05, 4.69) is 10.1 Å². The van der Waals surface area contributed by atoms with E-state index in [0.717, 1.165) is 0 Å². The molecule has 0 saturated carbocycles. The highest BCUT2D eigenvalue weighted by molar-refractivity contribution is 8.00. The van der Waals surface area contributed by atoms with Gasteiger partial charge in [-0.3, -0.25) is 9.59 Å². The summed E-state index contributed by atoms with van der Waals surface area (Å²) in [4.78, 5) is 22.6. The average molecular weight is 303 g/mol. The molecule has 0 aromatic heterocycles. The van der Waals surface area contributed by atoms with E-state index in [1.54, 1.807) is 24.3 Å². The zero-order valence-electron chi connectivity index (χ0n) is 10.4. The second kappa shape index (κ2) is 8.04. The highest BCUT2D eigenvalue weighted by atomic mass is 35.5. The number of hydrogen-bond donors (Lipinski definition) is 2. The number of ether oxygens (including phenoxy) is 1. The lowest BCUT2D eigenvalue weighted by molar-refractivity contribution is -0.141. The molecule has 1 rings (SSSR count). The minimum absolute atomic E-state index is 0.163. The fourth-order valence-corrected chi connectivity index (χ4v) is 2.12. The first-order chi connectivity index (χ1) is 9.02. The van der Waals surface area contributed by atoms with E-state index in [1.165, 1.54) is 18.9 Å². The van der Waals surface area contributed by atoms with Gasteiger partial charge in [0.2, 0.25) is 5.91 Å². The molecule has 1 aromatic rings. The Balaban J connectivity index is 2.28. The van der Waals surface area contributed by atoms with E-state index >= 15 is 0 Å². The fourth-order valence-electron chi connectivity index (χ4n) is 1.23.